The molecule has 0 saturated heterocycles. The Morgan fingerprint density at radius 2 is 1.70 bits per heavy atom. The molecule has 0 fully saturated rings. The van der Waals surface area contributed by atoms with Crippen molar-refractivity contribution in [2.45, 2.75) is 52.9 Å². The first-order valence-electron chi connectivity index (χ1n) is 7.52. The molecule has 0 spiro atoms. The molecule has 0 aliphatic carbocycles. The number of benzene rings is 1. The summed E-state index contributed by atoms with van der Waals surface area (Å²) in [6.07, 6.45) is 2.41. The molecule has 0 amide bonds. The molecule has 0 aliphatic heterocycles. The van der Waals surface area contributed by atoms with E-state index in [2.05, 4.69) is 40.7 Å². The Labute approximate surface area is 124 Å². The molecule has 0 aromatic heterocycles. The van der Waals surface area contributed by atoms with E-state index in [0.717, 1.165) is 23.8 Å². The van der Waals surface area contributed by atoms with Crippen LogP contribution in [0.2, 0.25) is 0 Å². The molecular formula is C18H30O2. The van der Waals surface area contributed by atoms with Crippen LogP contribution in [-0.4, -0.2) is 14.2 Å². The fraction of sp³-hybridized carbons (Fsp3) is 0.667. The number of hydrogen-bond acceptors (Lipinski definition) is 2. The molecule has 2 nitrogen and oxygen atoms in total. The molecule has 1 rings (SSSR count). The van der Waals surface area contributed by atoms with Crippen LogP contribution in [-0.2, 0) is 5.41 Å². The fourth-order valence-electron chi connectivity index (χ4n) is 3.21. The van der Waals surface area contributed by atoms with E-state index in [-0.39, 0.29) is 5.41 Å². The third kappa shape index (κ3) is 4.43. The van der Waals surface area contributed by atoms with Crippen LogP contribution in [0.4, 0.5) is 0 Å². The SMILES string of the molecule is COc1ccc(OC)c(C(C)(C)CC(C)CC(C)C)c1. The molecular weight excluding hydrogens is 248 g/mol. The van der Waals surface area contributed by atoms with Gasteiger partial charge in [-0.15, -0.1) is 0 Å². The lowest BCUT2D eigenvalue weighted by Gasteiger charge is -2.31. The Balaban J connectivity index is 3.00. The van der Waals surface area contributed by atoms with Crippen molar-refractivity contribution in [3.8, 4) is 11.5 Å². The van der Waals surface area contributed by atoms with Gasteiger partial charge in [0.05, 0.1) is 14.2 Å². The van der Waals surface area contributed by atoms with Gasteiger partial charge in [-0.1, -0.05) is 34.6 Å². The van der Waals surface area contributed by atoms with Gasteiger partial charge in [-0.25, -0.2) is 0 Å². The third-order valence-corrected chi connectivity index (χ3v) is 3.87. The molecule has 1 atom stereocenters. The van der Waals surface area contributed by atoms with Crippen molar-refractivity contribution in [3.05, 3.63) is 23.8 Å². The van der Waals surface area contributed by atoms with Crippen molar-refractivity contribution in [3.63, 3.8) is 0 Å². The second-order valence-corrected chi connectivity index (χ2v) is 6.89. The summed E-state index contributed by atoms with van der Waals surface area (Å²) in [5.74, 6) is 3.28. The lowest BCUT2D eigenvalue weighted by molar-refractivity contribution is 0.318. The Kier molecular flexibility index (Phi) is 5.91. The summed E-state index contributed by atoms with van der Waals surface area (Å²) in [6.45, 7) is 11.5. The Morgan fingerprint density at radius 3 is 2.20 bits per heavy atom. The first kappa shape index (κ1) is 16.9. The topological polar surface area (TPSA) is 18.5 Å². The van der Waals surface area contributed by atoms with Crippen LogP contribution in [0.5, 0.6) is 11.5 Å². The van der Waals surface area contributed by atoms with Gasteiger partial charge < -0.3 is 9.47 Å². The van der Waals surface area contributed by atoms with Gasteiger partial charge in [0.15, 0.2) is 0 Å². The summed E-state index contributed by atoms with van der Waals surface area (Å²) in [4.78, 5) is 0. The van der Waals surface area contributed by atoms with Crippen LogP contribution in [0, 0.1) is 11.8 Å². The molecule has 0 saturated carbocycles. The Hall–Kier alpha value is -1.18. The van der Waals surface area contributed by atoms with E-state index < -0.39 is 0 Å². The summed E-state index contributed by atoms with van der Waals surface area (Å²) in [5, 5.41) is 0. The molecule has 0 N–H and O–H groups in total. The molecule has 0 radical (unpaired) electrons. The highest BCUT2D eigenvalue weighted by atomic mass is 16.5. The van der Waals surface area contributed by atoms with Gasteiger partial charge in [0.2, 0.25) is 0 Å². The average Bonchev–Trinajstić information content (AvgIpc) is 2.36. The highest BCUT2D eigenvalue weighted by Gasteiger charge is 2.27. The molecule has 1 aromatic rings. The van der Waals surface area contributed by atoms with Gasteiger partial charge in [-0.3, -0.25) is 0 Å². The molecule has 0 heterocycles. The highest BCUT2D eigenvalue weighted by Crippen LogP contribution is 2.39. The smallest absolute Gasteiger partial charge is 0.122 e. The second kappa shape index (κ2) is 7.01. The van der Waals surface area contributed by atoms with Crippen LogP contribution in [0.1, 0.15) is 53.0 Å². The first-order chi connectivity index (χ1) is 9.30. The Bertz CT molecular complexity index is 421. The molecule has 1 aromatic carbocycles. The Morgan fingerprint density at radius 1 is 1.05 bits per heavy atom. The lowest BCUT2D eigenvalue weighted by Crippen LogP contribution is -2.22. The van der Waals surface area contributed by atoms with Crippen LogP contribution in [0.3, 0.4) is 0 Å². The monoisotopic (exact) mass is 278 g/mol. The largest absolute Gasteiger partial charge is 0.497 e. The molecule has 2 heteroatoms. The summed E-state index contributed by atoms with van der Waals surface area (Å²) >= 11 is 0. The van der Waals surface area contributed by atoms with Crippen LogP contribution in [0.15, 0.2) is 18.2 Å². The van der Waals surface area contributed by atoms with Crippen molar-refractivity contribution in [2.75, 3.05) is 14.2 Å². The van der Waals surface area contributed by atoms with Crippen LogP contribution >= 0.6 is 0 Å². The van der Waals surface area contributed by atoms with E-state index in [4.69, 9.17) is 9.47 Å². The van der Waals surface area contributed by atoms with Gasteiger partial charge in [0, 0.05) is 5.56 Å². The number of rotatable bonds is 7. The lowest BCUT2D eigenvalue weighted by atomic mass is 9.75. The van der Waals surface area contributed by atoms with Gasteiger partial charge in [-0.2, -0.15) is 0 Å². The molecule has 20 heavy (non-hydrogen) atoms. The number of ether oxygens (including phenoxy) is 2. The van der Waals surface area contributed by atoms with Crippen molar-refractivity contribution in [2.24, 2.45) is 11.8 Å². The maximum absolute atomic E-state index is 5.54. The summed E-state index contributed by atoms with van der Waals surface area (Å²) < 4.78 is 10.9. The normalized spacial score (nSPS) is 13.4. The summed E-state index contributed by atoms with van der Waals surface area (Å²) in [6, 6.07) is 6.07. The van der Waals surface area contributed by atoms with Crippen molar-refractivity contribution >= 4 is 0 Å². The fourth-order valence-corrected chi connectivity index (χ4v) is 3.21. The molecule has 1 unspecified atom stereocenters. The zero-order valence-corrected chi connectivity index (χ0v) is 14.1. The van der Waals surface area contributed by atoms with E-state index in [1.54, 1.807) is 14.2 Å². The van der Waals surface area contributed by atoms with Gasteiger partial charge >= 0.3 is 0 Å². The van der Waals surface area contributed by atoms with Crippen LogP contribution in [0.25, 0.3) is 0 Å². The van der Waals surface area contributed by atoms with E-state index in [9.17, 15) is 0 Å². The zero-order valence-electron chi connectivity index (χ0n) is 14.1. The van der Waals surface area contributed by atoms with Gasteiger partial charge in [-0.05, 0) is 48.3 Å². The van der Waals surface area contributed by atoms with Crippen molar-refractivity contribution < 1.29 is 9.47 Å². The molecule has 0 aliphatic rings. The summed E-state index contributed by atoms with van der Waals surface area (Å²) in [7, 11) is 3.44. The van der Waals surface area contributed by atoms with Crippen molar-refractivity contribution in [1.29, 1.82) is 0 Å². The second-order valence-electron chi connectivity index (χ2n) is 6.89. The predicted molar refractivity (Wildman–Crippen MR) is 85.8 cm³/mol. The molecule has 114 valence electrons. The van der Waals surface area contributed by atoms with Gasteiger partial charge in [0.25, 0.3) is 0 Å². The minimum absolute atomic E-state index is 0.0776. The van der Waals surface area contributed by atoms with Gasteiger partial charge in [0.1, 0.15) is 11.5 Å². The standard InChI is InChI=1S/C18H30O2/c1-13(2)10-14(3)12-18(4,5)16-11-15(19-6)8-9-17(16)20-7/h8-9,11,13-14H,10,12H2,1-7H3. The van der Waals surface area contributed by atoms with E-state index in [1.807, 2.05) is 12.1 Å². The maximum atomic E-state index is 5.54. The third-order valence-electron chi connectivity index (χ3n) is 3.87. The molecule has 0 bridgehead atoms. The summed E-state index contributed by atoms with van der Waals surface area (Å²) in [5.41, 5.74) is 1.31. The predicted octanol–water partition coefficient (Wildman–Crippen LogP) is 5.05. The highest BCUT2D eigenvalue weighted by molar-refractivity contribution is 5.44. The number of hydrogen-bond donors (Lipinski definition) is 0. The quantitative estimate of drug-likeness (QED) is 0.694. The van der Waals surface area contributed by atoms with E-state index >= 15 is 0 Å². The van der Waals surface area contributed by atoms with Crippen molar-refractivity contribution in [1.82, 2.24) is 0 Å². The van der Waals surface area contributed by atoms with E-state index in [0.29, 0.717) is 5.92 Å². The van der Waals surface area contributed by atoms with E-state index in [1.165, 1.54) is 12.0 Å². The number of methoxy groups -OCH3 is 2. The average molecular weight is 278 g/mol. The first-order valence-corrected chi connectivity index (χ1v) is 7.52. The maximum Gasteiger partial charge on any atom is 0.122 e. The minimum Gasteiger partial charge on any atom is -0.497 e. The minimum atomic E-state index is 0.0776. The van der Waals surface area contributed by atoms with Crippen LogP contribution < -0.4 is 9.47 Å². The zero-order chi connectivity index (χ0) is 15.3.